The molecule has 1 fully saturated rings. The molecular formula is C17H25N5O2S. The zero-order chi connectivity index (χ0) is 17.7. The molecule has 25 heavy (non-hydrogen) atoms. The number of rotatable bonds is 7. The molecule has 0 saturated heterocycles. The van der Waals surface area contributed by atoms with Gasteiger partial charge in [-0.05, 0) is 24.0 Å². The summed E-state index contributed by atoms with van der Waals surface area (Å²) >= 11 is 0. The van der Waals surface area contributed by atoms with E-state index in [1.165, 1.54) is 17.1 Å². The Morgan fingerprint density at radius 3 is 2.72 bits per heavy atom. The van der Waals surface area contributed by atoms with Crippen molar-refractivity contribution in [1.29, 1.82) is 0 Å². The molecule has 136 valence electrons. The number of hydrogen-bond donors (Lipinski definition) is 1. The first kappa shape index (κ1) is 18.0. The van der Waals surface area contributed by atoms with Crippen LogP contribution in [0.4, 0.5) is 0 Å². The minimum absolute atomic E-state index is 0.116. The highest BCUT2D eigenvalue weighted by Crippen LogP contribution is 2.23. The van der Waals surface area contributed by atoms with Crippen LogP contribution in [0.5, 0.6) is 0 Å². The second-order valence-electron chi connectivity index (χ2n) is 6.55. The first-order valence-corrected chi connectivity index (χ1v) is 10.1. The summed E-state index contributed by atoms with van der Waals surface area (Å²) in [5, 5.41) is 4.09. The van der Waals surface area contributed by atoms with E-state index >= 15 is 0 Å². The maximum absolute atomic E-state index is 12.5. The quantitative estimate of drug-likeness (QED) is 0.815. The van der Waals surface area contributed by atoms with Crippen LogP contribution in [0.1, 0.15) is 43.2 Å². The molecule has 0 atom stereocenters. The van der Waals surface area contributed by atoms with Crippen molar-refractivity contribution < 1.29 is 8.42 Å². The molecule has 0 radical (unpaired) electrons. The highest BCUT2D eigenvalue weighted by atomic mass is 32.2. The largest absolute Gasteiger partial charge is 0.279 e. The van der Waals surface area contributed by atoms with Gasteiger partial charge >= 0.3 is 0 Å². The van der Waals surface area contributed by atoms with Gasteiger partial charge in [0.1, 0.15) is 12.7 Å². The van der Waals surface area contributed by atoms with Gasteiger partial charge in [0.15, 0.2) is 0 Å². The lowest BCUT2D eigenvalue weighted by Gasteiger charge is -2.30. The molecule has 0 spiro atoms. The summed E-state index contributed by atoms with van der Waals surface area (Å²) in [6.45, 7) is 0.896. The highest BCUT2D eigenvalue weighted by molar-refractivity contribution is 7.87. The summed E-state index contributed by atoms with van der Waals surface area (Å²) < 4.78 is 31.0. The Morgan fingerprint density at radius 1 is 1.24 bits per heavy atom. The average molecular weight is 363 g/mol. The first-order valence-electron chi connectivity index (χ1n) is 8.67. The van der Waals surface area contributed by atoms with Crippen molar-refractivity contribution in [3.05, 3.63) is 48.0 Å². The lowest BCUT2D eigenvalue weighted by molar-refractivity contribution is 0.283. The number of aromatic nitrogens is 3. The minimum atomic E-state index is -3.47. The summed E-state index contributed by atoms with van der Waals surface area (Å²) in [5.41, 5.74) is 1.99. The Morgan fingerprint density at radius 2 is 2.00 bits per heavy atom. The van der Waals surface area contributed by atoms with Crippen LogP contribution in [-0.2, 0) is 23.3 Å². The van der Waals surface area contributed by atoms with Crippen LogP contribution in [0, 0.1) is 0 Å². The summed E-state index contributed by atoms with van der Waals surface area (Å²) in [6, 6.07) is 7.96. The smallest absolute Gasteiger partial charge is 0.249 e. The van der Waals surface area contributed by atoms with E-state index in [0.717, 1.165) is 36.8 Å². The predicted molar refractivity (Wildman–Crippen MR) is 96.0 cm³/mol. The van der Waals surface area contributed by atoms with Crippen molar-refractivity contribution in [2.24, 2.45) is 0 Å². The van der Waals surface area contributed by atoms with Gasteiger partial charge in [-0.2, -0.15) is 22.5 Å². The van der Waals surface area contributed by atoms with Gasteiger partial charge in [-0.15, -0.1) is 0 Å². The highest BCUT2D eigenvalue weighted by Gasteiger charge is 2.27. The van der Waals surface area contributed by atoms with Crippen LogP contribution in [0.2, 0.25) is 0 Å². The molecule has 1 aliphatic rings. The third-order valence-electron chi connectivity index (χ3n) is 4.73. The van der Waals surface area contributed by atoms with Crippen LogP contribution >= 0.6 is 0 Å². The molecule has 2 aromatic rings. The maximum atomic E-state index is 12.5. The van der Waals surface area contributed by atoms with E-state index in [1.807, 2.05) is 24.3 Å². The van der Waals surface area contributed by atoms with E-state index in [1.54, 1.807) is 18.1 Å². The van der Waals surface area contributed by atoms with Crippen LogP contribution in [0.3, 0.4) is 0 Å². The summed E-state index contributed by atoms with van der Waals surface area (Å²) in [6.07, 6.45) is 8.48. The lowest BCUT2D eigenvalue weighted by Crippen LogP contribution is -2.44. The second kappa shape index (κ2) is 8.07. The van der Waals surface area contributed by atoms with Gasteiger partial charge in [-0.1, -0.05) is 43.5 Å². The zero-order valence-corrected chi connectivity index (χ0v) is 15.3. The number of hydrogen-bond acceptors (Lipinski definition) is 4. The van der Waals surface area contributed by atoms with Gasteiger partial charge < -0.3 is 0 Å². The fourth-order valence-electron chi connectivity index (χ4n) is 3.26. The van der Waals surface area contributed by atoms with Crippen LogP contribution in [-0.4, -0.2) is 40.6 Å². The normalized spacial score (nSPS) is 16.4. The SMILES string of the molecule is CN(C1CCCCC1)S(=O)(=O)NCc1cccc(Cn2cncn2)c1. The van der Waals surface area contributed by atoms with Crippen molar-refractivity contribution in [3.63, 3.8) is 0 Å². The Bertz CT molecular complexity index is 770. The van der Waals surface area contributed by atoms with Gasteiger partial charge in [0.25, 0.3) is 10.2 Å². The Labute approximate surface area is 149 Å². The van der Waals surface area contributed by atoms with Crippen molar-refractivity contribution in [3.8, 4) is 0 Å². The molecule has 1 saturated carbocycles. The molecule has 8 heteroatoms. The summed E-state index contributed by atoms with van der Waals surface area (Å²) in [7, 11) is -1.79. The third kappa shape index (κ3) is 4.87. The van der Waals surface area contributed by atoms with Crippen molar-refractivity contribution >= 4 is 10.2 Å². The van der Waals surface area contributed by atoms with Crippen LogP contribution in [0.25, 0.3) is 0 Å². The average Bonchev–Trinajstić information content (AvgIpc) is 3.13. The van der Waals surface area contributed by atoms with E-state index in [0.29, 0.717) is 6.54 Å². The zero-order valence-electron chi connectivity index (χ0n) is 14.5. The van der Waals surface area contributed by atoms with Crippen LogP contribution in [0.15, 0.2) is 36.9 Å². The molecule has 0 amide bonds. The maximum Gasteiger partial charge on any atom is 0.279 e. The van der Waals surface area contributed by atoms with Gasteiger partial charge in [0.05, 0.1) is 6.54 Å². The molecule has 0 bridgehead atoms. The van der Waals surface area contributed by atoms with Gasteiger partial charge in [0, 0.05) is 19.6 Å². The molecule has 1 heterocycles. The minimum Gasteiger partial charge on any atom is -0.249 e. The number of benzene rings is 1. The fourth-order valence-corrected chi connectivity index (χ4v) is 4.41. The predicted octanol–water partition coefficient (Wildman–Crippen LogP) is 1.93. The molecule has 1 aromatic carbocycles. The van der Waals surface area contributed by atoms with E-state index < -0.39 is 10.2 Å². The second-order valence-corrected chi connectivity index (χ2v) is 8.36. The monoisotopic (exact) mass is 363 g/mol. The number of nitrogens with zero attached hydrogens (tertiary/aromatic N) is 4. The Balaban J connectivity index is 1.60. The van der Waals surface area contributed by atoms with Gasteiger partial charge in [-0.25, -0.2) is 9.67 Å². The molecule has 1 aromatic heterocycles. The Kier molecular flexibility index (Phi) is 5.82. The number of nitrogens with one attached hydrogen (secondary N) is 1. The molecule has 3 rings (SSSR count). The molecular weight excluding hydrogens is 338 g/mol. The first-order chi connectivity index (χ1) is 12.0. The third-order valence-corrected chi connectivity index (χ3v) is 6.29. The molecule has 7 nitrogen and oxygen atoms in total. The van der Waals surface area contributed by atoms with Crippen molar-refractivity contribution in [2.75, 3.05) is 7.05 Å². The molecule has 1 N–H and O–H groups in total. The molecule has 0 unspecified atom stereocenters. The van der Waals surface area contributed by atoms with Gasteiger partial charge in [0.2, 0.25) is 0 Å². The van der Waals surface area contributed by atoms with Crippen molar-refractivity contribution in [2.45, 2.75) is 51.2 Å². The topological polar surface area (TPSA) is 80.1 Å². The van der Waals surface area contributed by atoms with E-state index in [9.17, 15) is 8.42 Å². The summed E-state index contributed by atoms with van der Waals surface area (Å²) in [4.78, 5) is 3.93. The lowest BCUT2D eigenvalue weighted by atomic mass is 9.96. The Hall–Kier alpha value is -1.77. The van der Waals surface area contributed by atoms with E-state index in [2.05, 4.69) is 14.8 Å². The standard InChI is InChI=1S/C17H25N5O2S/c1-21(17-8-3-2-4-9-17)25(23,24)20-11-15-6-5-7-16(10-15)12-22-14-18-13-19-22/h5-7,10,13-14,17,20H,2-4,8-9,11-12H2,1H3. The van der Waals surface area contributed by atoms with E-state index in [-0.39, 0.29) is 12.6 Å². The molecule has 0 aliphatic heterocycles. The van der Waals surface area contributed by atoms with Crippen molar-refractivity contribution in [1.82, 2.24) is 23.8 Å². The summed E-state index contributed by atoms with van der Waals surface area (Å²) in [5.74, 6) is 0. The van der Waals surface area contributed by atoms with Crippen LogP contribution < -0.4 is 4.72 Å². The van der Waals surface area contributed by atoms with E-state index in [4.69, 9.17) is 0 Å². The molecule has 1 aliphatic carbocycles. The fraction of sp³-hybridized carbons (Fsp3) is 0.529. The van der Waals surface area contributed by atoms with Gasteiger partial charge in [-0.3, -0.25) is 0 Å².